The maximum atomic E-state index is 13.2. The number of rotatable bonds is 3. The summed E-state index contributed by atoms with van der Waals surface area (Å²) in [6.45, 7) is 4.87. The summed E-state index contributed by atoms with van der Waals surface area (Å²) in [6, 6.07) is 11.0. The maximum Gasteiger partial charge on any atom is 0.317 e. The van der Waals surface area contributed by atoms with Crippen LogP contribution in [0.15, 0.2) is 41.2 Å². The lowest BCUT2D eigenvalue weighted by molar-refractivity contribution is 0.0516. The van der Waals surface area contributed by atoms with Crippen LogP contribution < -0.4 is 10.3 Å². The molecule has 3 heterocycles. The molecule has 0 spiro atoms. The number of piperidine rings is 1. The van der Waals surface area contributed by atoms with E-state index in [-0.39, 0.29) is 17.6 Å². The predicted octanol–water partition coefficient (Wildman–Crippen LogP) is 2.62. The minimum Gasteiger partial charge on any atom is -0.458 e. The average molecular weight is 378 g/mol. The fourth-order valence-electron chi connectivity index (χ4n) is 3.67. The molecule has 0 saturated carbocycles. The highest BCUT2D eigenvalue weighted by Gasteiger charge is 2.27. The molecule has 0 bridgehead atoms. The summed E-state index contributed by atoms with van der Waals surface area (Å²) < 4.78 is 5.96. The second kappa shape index (κ2) is 7.42. The first kappa shape index (κ1) is 18.2. The number of benzene rings is 1. The molecule has 0 aliphatic carbocycles. The minimum absolute atomic E-state index is 0.156. The second-order valence-corrected chi connectivity index (χ2v) is 7.16. The lowest BCUT2D eigenvalue weighted by atomic mass is 10.0. The predicted molar refractivity (Wildman–Crippen MR) is 106 cm³/mol. The molecule has 7 heteroatoms. The third kappa shape index (κ3) is 3.74. The van der Waals surface area contributed by atoms with E-state index in [0.29, 0.717) is 30.2 Å². The van der Waals surface area contributed by atoms with Crippen molar-refractivity contribution in [3.63, 3.8) is 0 Å². The Morgan fingerprint density at radius 3 is 2.71 bits per heavy atom. The molecule has 1 fully saturated rings. The Bertz CT molecular complexity index is 1070. The molecule has 144 valence electrons. The summed E-state index contributed by atoms with van der Waals surface area (Å²) >= 11 is 0. The molecule has 1 aliphatic heterocycles. The Hall–Kier alpha value is -3.22. The van der Waals surface area contributed by atoms with Crippen LogP contribution in [0, 0.1) is 13.8 Å². The second-order valence-electron chi connectivity index (χ2n) is 7.16. The first-order valence-corrected chi connectivity index (χ1v) is 9.40. The number of aryl methyl sites for hydroxylation is 2. The quantitative estimate of drug-likeness (QED) is 0.757. The fourth-order valence-corrected chi connectivity index (χ4v) is 3.67. The van der Waals surface area contributed by atoms with Crippen molar-refractivity contribution >= 4 is 16.8 Å². The number of pyridine rings is 1. The van der Waals surface area contributed by atoms with E-state index >= 15 is 0 Å². The third-order valence-electron chi connectivity index (χ3n) is 4.88. The Kier molecular flexibility index (Phi) is 4.81. The van der Waals surface area contributed by atoms with E-state index in [1.807, 2.05) is 38.1 Å². The minimum atomic E-state index is -0.282. The SMILES string of the molecule is Cc1cc(C)nc(OC2CCCN(C(=O)c3cc(=O)[nH]c4ccccc34)C2)n1. The van der Waals surface area contributed by atoms with Crippen molar-refractivity contribution in [2.45, 2.75) is 32.8 Å². The lowest BCUT2D eigenvalue weighted by Crippen LogP contribution is -2.44. The number of hydrogen-bond acceptors (Lipinski definition) is 5. The molecule has 1 saturated heterocycles. The molecule has 7 nitrogen and oxygen atoms in total. The molecule has 3 aromatic rings. The van der Waals surface area contributed by atoms with Gasteiger partial charge in [0.05, 0.1) is 12.1 Å². The van der Waals surface area contributed by atoms with Gasteiger partial charge < -0.3 is 14.6 Å². The zero-order valence-electron chi connectivity index (χ0n) is 15.9. The highest BCUT2D eigenvalue weighted by atomic mass is 16.5. The smallest absolute Gasteiger partial charge is 0.317 e. The van der Waals surface area contributed by atoms with E-state index in [1.165, 1.54) is 6.07 Å². The largest absolute Gasteiger partial charge is 0.458 e. The molecule has 0 radical (unpaired) electrons. The van der Waals surface area contributed by atoms with Gasteiger partial charge in [0.15, 0.2) is 0 Å². The van der Waals surface area contributed by atoms with Gasteiger partial charge in [-0.2, -0.15) is 0 Å². The van der Waals surface area contributed by atoms with Crippen molar-refractivity contribution < 1.29 is 9.53 Å². The third-order valence-corrected chi connectivity index (χ3v) is 4.88. The van der Waals surface area contributed by atoms with Crippen LogP contribution in [-0.4, -0.2) is 45.0 Å². The topological polar surface area (TPSA) is 88.2 Å². The number of hydrogen-bond donors (Lipinski definition) is 1. The Balaban J connectivity index is 1.56. The number of amides is 1. The van der Waals surface area contributed by atoms with Crippen LogP contribution in [0.3, 0.4) is 0 Å². The van der Waals surface area contributed by atoms with Gasteiger partial charge in [-0.1, -0.05) is 18.2 Å². The van der Waals surface area contributed by atoms with Crippen LogP contribution in [0.1, 0.15) is 34.6 Å². The first-order chi connectivity index (χ1) is 13.5. The molecule has 1 unspecified atom stereocenters. The van der Waals surface area contributed by atoms with E-state index < -0.39 is 0 Å². The summed E-state index contributed by atoms with van der Waals surface area (Å²) in [5.41, 5.74) is 2.49. The molecular weight excluding hydrogens is 356 g/mol. The highest BCUT2D eigenvalue weighted by molar-refractivity contribution is 6.05. The summed E-state index contributed by atoms with van der Waals surface area (Å²) in [7, 11) is 0. The number of carbonyl (C=O) groups is 1. The number of nitrogens with zero attached hydrogens (tertiary/aromatic N) is 3. The van der Waals surface area contributed by atoms with Gasteiger partial charge in [-0.3, -0.25) is 9.59 Å². The van der Waals surface area contributed by atoms with Gasteiger partial charge in [0, 0.05) is 34.9 Å². The van der Waals surface area contributed by atoms with Gasteiger partial charge in [0.1, 0.15) is 6.10 Å². The van der Waals surface area contributed by atoms with Gasteiger partial charge in [-0.25, -0.2) is 9.97 Å². The summed E-state index contributed by atoms with van der Waals surface area (Å²) in [5, 5.41) is 0.743. The molecule has 1 atom stereocenters. The van der Waals surface area contributed by atoms with E-state index in [0.717, 1.165) is 29.6 Å². The molecule has 1 N–H and O–H groups in total. The molecule has 1 aliphatic rings. The molecular formula is C21H22N4O3. The van der Waals surface area contributed by atoms with Crippen molar-refractivity contribution in [3.8, 4) is 6.01 Å². The molecule has 4 rings (SSSR count). The van der Waals surface area contributed by atoms with Gasteiger partial charge in [-0.15, -0.1) is 0 Å². The number of fused-ring (bicyclic) bond motifs is 1. The van der Waals surface area contributed by atoms with Crippen molar-refractivity contribution in [2.75, 3.05) is 13.1 Å². The maximum absolute atomic E-state index is 13.2. The van der Waals surface area contributed by atoms with Crippen molar-refractivity contribution in [1.82, 2.24) is 19.9 Å². The van der Waals surface area contributed by atoms with Gasteiger partial charge in [0.25, 0.3) is 5.91 Å². The van der Waals surface area contributed by atoms with Crippen LogP contribution >= 0.6 is 0 Å². The number of H-pyrrole nitrogens is 1. The number of para-hydroxylation sites is 1. The Labute approximate surface area is 162 Å². The number of aromatic amines is 1. The number of ether oxygens (including phenoxy) is 1. The van der Waals surface area contributed by atoms with Crippen LogP contribution in [-0.2, 0) is 0 Å². The van der Waals surface area contributed by atoms with Gasteiger partial charge in [0.2, 0.25) is 5.56 Å². The molecule has 1 amide bonds. The number of nitrogens with one attached hydrogen (secondary N) is 1. The molecule has 1 aromatic carbocycles. The van der Waals surface area contributed by atoms with Crippen LogP contribution in [0.2, 0.25) is 0 Å². The van der Waals surface area contributed by atoms with E-state index in [1.54, 1.807) is 11.0 Å². The van der Waals surface area contributed by atoms with Crippen molar-refractivity contribution in [1.29, 1.82) is 0 Å². The fraction of sp³-hybridized carbons (Fsp3) is 0.333. The zero-order valence-corrected chi connectivity index (χ0v) is 15.9. The number of likely N-dealkylation sites (tertiary alicyclic amines) is 1. The van der Waals surface area contributed by atoms with Crippen LogP contribution in [0.25, 0.3) is 10.9 Å². The number of aromatic nitrogens is 3. The summed E-state index contributed by atoms with van der Waals surface area (Å²) in [6.07, 6.45) is 1.48. The van der Waals surface area contributed by atoms with E-state index in [4.69, 9.17) is 4.74 Å². The lowest BCUT2D eigenvalue weighted by Gasteiger charge is -2.32. The normalized spacial score (nSPS) is 16.9. The first-order valence-electron chi connectivity index (χ1n) is 9.40. The summed E-state index contributed by atoms with van der Waals surface area (Å²) in [5.74, 6) is -0.156. The number of carbonyl (C=O) groups excluding carboxylic acids is 1. The molecule has 28 heavy (non-hydrogen) atoms. The van der Waals surface area contributed by atoms with Crippen molar-refractivity contribution in [2.24, 2.45) is 0 Å². The van der Waals surface area contributed by atoms with E-state index in [9.17, 15) is 9.59 Å². The van der Waals surface area contributed by atoms with Gasteiger partial charge in [-0.05, 0) is 38.8 Å². The van der Waals surface area contributed by atoms with E-state index in [2.05, 4.69) is 15.0 Å². The van der Waals surface area contributed by atoms with Crippen LogP contribution in [0.5, 0.6) is 6.01 Å². The highest BCUT2D eigenvalue weighted by Crippen LogP contribution is 2.21. The van der Waals surface area contributed by atoms with Crippen molar-refractivity contribution in [3.05, 3.63) is 63.7 Å². The zero-order chi connectivity index (χ0) is 19.7. The monoisotopic (exact) mass is 378 g/mol. The average Bonchev–Trinajstić information content (AvgIpc) is 2.66. The Morgan fingerprint density at radius 2 is 1.93 bits per heavy atom. The standard InChI is InChI=1S/C21H22N4O3/c1-13-10-14(2)23-21(22-13)28-15-6-5-9-25(12-15)20(27)17-11-19(26)24-18-8-4-3-7-16(17)18/h3-4,7-8,10-11,15H,5-6,9,12H2,1-2H3,(H,24,26). The molecule has 2 aromatic heterocycles. The van der Waals surface area contributed by atoms with Crippen LogP contribution in [0.4, 0.5) is 0 Å². The Morgan fingerprint density at radius 1 is 1.18 bits per heavy atom. The summed E-state index contributed by atoms with van der Waals surface area (Å²) in [4.78, 5) is 38.3. The van der Waals surface area contributed by atoms with Gasteiger partial charge >= 0.3 is 6.01 Å².